The first-order valence-electron chi connectivity index (χ1n) is 4.32. The molecule has 1 aliphatic heterocycles. The Morgan fingerprint density at radius 1 is 1.50 bits per heavy atom. The lowest BCUT2D eigenvalue weighted by atomic mass is 9.78. The molecule has 0 spiro atoms. The molecule has 0 aromatic rings. The van der Waals surface area contributed by atoms with Gasteiger partial charge in [0.1, 0.15) is 0 Å². The van der Waals surface area contributed by atoms with Crippen LogP contribution in [0.5, 0.6) is 0 Å². The molecule has 1 fully saturated rings. The van der Waals surface area contributed by atoms with Gasteiger partial charge in [-0.2, -0.15) is 0 Å². The number of hydrogen-bond acceptors (Lipinski definition) is 2. The number of ether oxygens (including phenoxy) is 1. The summed E-state index contributed by atoms with van der Waals surface area (Å²) in [5, 5.41) is 9.85. The molecule has 0 saturated carbocycles. The van der Waals surface area contributed by atoms with Crippen LogP contribution in [0.3, 0.4) is 0 Å². The van der Waals surface area contributed by atoms with Crippen molar-refractivity contribution in [3.05, 3.63) is 0 Å². The zero-order valence-corrected chi connectivity index (χ0v) is 10.0. The third-order valence-corrected chi connectivity index (χ3v) is 3.42. The normalized spacial score (nSPS) is 37.2. The van der Waals surface area contributed by atoms with Crippen molar-refractivity contribution in [2.24, 2.45) is 11.3 Å². The number of aliphatic hydroxyl groups excluding tert-OH is 1. The number of rotatable bonds is 1. The quantitative estimate of drug-likeness (QED) is 0.588. The van der Waals surface area contributed by atoms with Crippen LogP contribution in [-0.4, -0.2) is 28.3 Å². The van der Waals surface area contributed by atoms with Crippen LogP contribution in [0.1, 0.15) is 20.8 Å². The molecule has 0 radical (unpaired) electrons. The first kappa shape index (κ1) is 10.7. The molecule has 2 nitrogen and oxygen atoms in total. The van der Waals surface area contributed by atoms with E-state index >= 15 is 0 Å². The van der Waals surface area contributed by atoms with Crippen molar-refractivity contribution < 1.29 is 9.84 Å². The molecule has 0 bridgehead atoms. The van der Waals surface area contributed by atoms with Gasteiger partial charge in [-0.25, -0.2) is 0 Å². The molecule has 1 aliphatic rings. The van der Waals surface area contributed by atoms with Gasteiger partial charge in [0, 0.05) is 10.3 Å². The lowest BCUT2D eigenvalue weighted by Gasteiger charge is -2.28. The van der Waals surface area contributed by atoms with E-state index in [1.807, 2.05) is 0 Å². The van der Waals surface area contributed by atoms with E-state index in [-0.39, 0.29) is 23.5 Å². The molecule has 1 rings (SSSR count). The fraction of sp³-hybridized carbons (Fsp3) is 1.00. The second-order valence-corrected chi connectivity index (χ2v) is 5.37. The van der Waals surface area contributed by atoms with Gasteiger partial charge in [0.25, 0.3) is 0 Å². The summed E-state index contributed by atoms with van der Waals surface area (Å²) in [5.41, 5.74) is 0.153. The van der Waals surface area contributed by atoms with Crippen LogP contribution in [0.25, 0.3) is 0 Å². The molecular weight excluding hydrogens is 267 g/mol. The largest absolute Gasteiger partial charge is 0.390 e. The Hall–Kier alpha value is 0.650. The van der Waals surface area contributed by atoms with Gasteiger partial charge in [0.05, 0.1) is 18.8 Å². The fourth-order valence-corrected chi connectivity index (χ4v) is 2.36. The first-order valence-corrected chi connectivity index (χ1v) is 5.85. The molecule has 0 aromatic carbocycles. The van der Waals surface area contributed by atoms with Crippen molar-refractivity contribution in [1.29, 1.82) is 0 Å². The zero-order valence-electron chi connectivity index (χ0n) is 7.88. The molecule has 0 aliphatic carbocycles. The SMILES string of the molecule is CC(C)(C)[C@H]1CO[C@H](CI)[C@@H]1O. The van der Waals surface area contributed by atoms with Gasteiger partial charge in [-0.3, -0.25) is 0 Å². The van der Waals surface area contributed by atoms with Crippen LogP contribution < -0.4 is 0 Å². The Kier molecular flexibility index (Phi) is 3.40. The topological polar surface area (TPSA) is 29.5 Å². The van der Waals surface area contributed by atoms with E-state index in [2.05, 4.69) is 43.4 Å². The monoisotopic (exact) mass is 284 g/mol. The lowest BCUT2D eigenvalue weighted by Crippen LogP contribution is -2.34. The van der Waals surface area contributed by atoms with Gasteiger partial charge >= 0.3 is 0 Å². The Bertz CT molecular complexity index is 153. The van der Waals surface area contributed by atoms with Gasteiger partial charge in [-0.1, -0.05) is 43.4 Å². The van der Waals surface area contributed by atoms with Crippen molar-refractivity contribution in [1.82, 2.24) is 0 Å². The first-order chi connectivity index (χ1) is 5.46. The van der Waals surface area contributed by atoms with Crippen LogP contribution in [0.2, 0.25) is 0 Å². The Morgan fingerprint density at radius 2 is 2.08 bits per heavy atom. The second kappa shape index (κ2) is 3.80. The zero-order chi connectivity index (χ0) is 9.35. The molecule has 0 aromatic heterocycles. The van der Waals surface area contributed by atoms with Crippen molar-refractivity contribution in [2.75, 3.05) is 11.0 Å². The lowest BCUT2D eigenvalue weighted by molar-refractivity contribution is 0.0451. The highest BCUT2D eigenvalue weighted by Gasteiger charge is 2.41. The molecule has 3 atom stereocenters. The van der Waals surface area contributed by atoms with Gasteiger partial charge < -0.3 is 9.84 Å². The van der Waals surface area contributed by atoms with E-state index in [9.17, 15) is 5.11 Å². The summed E-state index contributed by atoms with van der Waals surface area (Å²) >= 11 is 2.26. The second-order valence-electron chi connectivity index (χ2n) is 4.49. The van der Waals surface area contributed by atoms with Crippen molar-refractivity contribution >= 4 is 22.6 Å². The molecule has 3 heteroatoms. The van der Waals surface area contributed by atoms with Crippen LogP contribution >= 0.6 is 22.6 Å². The van der Waals surface area contributed by atoms with Crippen LogP contribution in [-0.2, 0) is 4.74 Å². The summed E-state index contributed by atoms with van der Waals surface area (Å²) in [5.74, 6) is 0.289. The van der Waals surface area contributed by atoms with E-state index in [0.717, 1.165) is 4.43 Å². The predicted molar refractivity (Wildman–Crippen MR) is 57.6 cm³/mol. The molecule has 1 N–H and O–H groups in total. The highest BCUT2D eigenvalue weighted by Crippen LogP contribution is 2.35. The smallest absolute Gasteiger partial charge is 0.0926 e. The van der Waals surface area contributed by atoms with Crippen LogP contribution in [0, 0.1) is 11.3 Å². The van der Waals surface area contributed by atoms with Crippen LogP contribution in [0.4, 0.5) is 0 Å². The molecule has 1 heterocycles. The minimum Gasteiger partial charge on any atom is -0.390 e. The van der Waals surface area contributed by atoms with E-state index in [0.29, 0.717) is 6.61 Å². The van der Waals surface area contributed by atoms with E-state index in [1.54, 1.807) is 0 Å². The predicted octanol–water partition coefficient (Wildman–Crippen LogP) is 1.84. The summed E-state index contributed by atoms with van der Waals surface area (Å²) in [6.07, 6.45) is -0.225. The maximum atomic E-state index is 9.85. The third-order valence-electron chi connectivity index (χ3n) is 2.55. The van der Waals surface area contributed by atoms with Crippen molar-refractivity contribution in [3.8, 4) is 0 Å². The summed E-state index contributed by atoms with van der Waals surface area (Å²) < 4.78 is 6.38. The van der Waals surface area contributed by atoms with Gasteiger partial charge in [0.15, 0.2) is 0 Å². The van der Waals surface area contributed by atoms with E-state index in [1.165, 1.54) is 0 Å². The van der Waals surface area contributed by atoms with Gasteiger partial charge in [0.2, 0.25) is 0 Å². The average Bonchev–Trinajstić information content (AvgIpc) is 2.29. The minimum atomic E-state index is -0.276. The molecule has 0 amide bonds. The molecular formula is C9H17IO2. The minimum absolute atomic E-state index is 0.0508. The number of alkyl halides is 1. The third kappa shape index (κ3) is 2.12. The number of halogens is 1. The number of aliphatic hydroxyl groups is 1. The van der Waals surface area contributed by atoms with E-state index in [4.69, 9.17) is 4.74 Å². The Morgan fingerprint density at radius 3 is 2.33 bits per heavy atom. The van der Waals surface area contributed by atoms with Gasteiger partial charge in [-0.05, 0) is 5.41 Å². The fourth-order valence-electron chi connectivity index (χ4n) is 1.58. The van der Waals surface area contributed by atoms with Crippen molar-refractivity contribution in [2.45, 2.75) is 33.0 Å². The highest BCUT2D eigenvalue weighted by molar-refractivity contribution is 14.1. The molecule has 72 valence electrons. The maximum Gasteiger partial charge on any atom is 0.0926 e. The molecule has 1 saturated heterocycles. The number of hydrogen-bond donors (Lipinski definition) is 1. The summed E-state index contributed by atoms with van der Waals surface area (Å²) in [7, 11) is 0. The standard InChI is InChI=1S/C9H17IO2/c1-9(2,3)6-5-12-7(4-10)8(6)11/h6-8,11H,4-5H2,1-3H3/t6-,7+,8+/m0/s1. The van der Waals surface area contributed by atoms with Gasteiger partial charge in [-0.15, -0.1) is 0 Å². The summed E-state index contributed by atoms with van der Waals surface area (Å²) in [4.78, 5) is 0. The van der Waals surface area contributed by atoms with E-state index < -0.39 is 0 Å². The highest BCUT2D eigenvalue weighted by atomic mass is 127. The maximum absolute atomic E-state index is 9.85. The Labute approximate surface area is 87.8 Å². The molecule has 12 heavy (non-hydrogen) atoms. The molecule has 0 unspecified atom stereocenters. The summed E-state index contributed by atoms with van der Waals surface area (Å²) in [6, 6.07) is 0. The van der Waals surface area contributed by atoms with Crippen molar-refractivity contribution in [3.63, 3.8) is 0 Å². The Balaban J connectivity index is 2.61. The summed E-state index contributed by atoms with van der Waals surface area (Å²) in [6.45, 7) is 7.16. The van der Waals surface area contributed by atoms with Crippen LogP contribution in [0.15, 0.2) is 0 Å². The average molecular weight is 284 g/mol.